The number of hydrazone groups is 1. The Balaban J connectivity index is 0.000000806. The van der Waals surface area contributed by atoms with Crippen molar-refractivity contribution in [3.63, 3.8) is 0 Å². The molecule has 4 rings (SSSR count). The van der Waals surface area contributed by atoms with E-state index < -0.39 is 0 Å². The topological polar surface area (TPSA) is 121 Å². The predicted octanol–water partition coefficient (Wildman–Crippen LogP) is 2.19. The molecule has 0 aliphatic carbocycles. The van der Waals surface area contributed by atoms with E-state index in [2.05, 4.69) is 16.5 Å². The Bertz CT molecular complexity index is 916. The first kappa shape index (κ1) is 21.7. The van der Waals surface area contributed by atoms with E-state index in [-0.39, 0.29) is 5.60 Å². The van der Waals surface area contributed by atoms with E-state index in [1.807, 2.05) is 49.4 Å². The number of rotatable bonds is 3. The number of hydrogen-bond donors (Lipinski definition) is 4. The molecule has 2 aliphatic heterocycles. The SMILES string of the molecule is CCN.COc1cccc2c1C(c1ccc(/C(N)=N/N)cc1)=CC1(CCNCC1)O2. The van der Waals surface area contributed by atoms with Crippen molar-refractivity contribution in [2.45, 2.75) is 25.4 Å². The van der Waals surface area contributed by atoms with E-state index in [1.54, 1.807) is 7.11 Å². The van der Waals surface area contributed by atoms with Crippen molar-refractivity contribution in [2.75, 3.05) is 26.7 Å². The molecular formula is C23H31N5O2. The highest BCUT2D eigenvalue weighted by molar-refractivity contribution is 5.98. The summed E-state index contributed by atoms with van der Waals surface area (Å²) in [5.41, 5.74) is 14.3. The Labute approximate surface area is 177 Å². The standard InChI is InChI=1S/C21H24N4O2.C2H7N/c1-26-17-3-2-4-18-19(17)16(13-21(27-18)9-11-24-12-10-21)14-5-7-15(8-6-14)20(22)25-23;1-2-3/h2-8,13,24H,9-12,23H2,1H3,(H2,22,25);2-3H2,1H3. The molecule has 0 bridgehead atoms. The molecule has 0 atom stereocenters. The van der Waals surface area contributed by atoms with Gasteiger partial charge in [0.15, 0.2) is 0 Å². The monoisotopic (exact) mass is 409 g/mol. The Hall–Kier alpha value is -3.03. The van der Waals surface area contributed by atoms with Crippen LogP contribution in [0.25, 0.3) is 5.57 Å². The first-order valence-corrected chi connectivity index (χ1v) is 10.2. The van der Waals surface area contributed by atoms with Crippen LogP contribution in [0.5, 0.6) is 11.5 Å². The van der Waals surface area contributed by atoms with Gasteiger partial charge in [-0.05, 0) is 49.0 Å². The number of nitrogens with zero attached hydrogens (tertiary/aromatic N) is 1. The van der Waals surface area contributed by atoms with E-state index in [1.165, 1.54) is 0 Å². The Morgan fingerprint density at radius 1 is 1.17 bits per heavy atom. The third-order valence-electron chi connectivity index (χ3n) is 5.28. The number of benzene rings is 2. The van der Waals surface area contributed by atoms with Gasteiger partial charge in [-0.3, -0.25) is 0 Å². The summed E-state index contributed by atoms with van der Waals surface area (Å²) in [7, 11) is 1.68. The van der Waals surface area contributed by atoms with Gasteiger partial charge in [0.1, 0.15) is 22.9 Å². The molecule has 0 saturated carbocycles. The molecule has 7 N–H and O–H groups in total. The highest BCUT2D eigenvalue weighted by Crippen LogP contribution is 2.46. The van der Waals surface area contributed by atoms with Crippen molar-refractivity contribution in [2.24, 2.45) is 22.4 Å². The quantitative estimate of drug-likeness (QED) is 0.267. The minimum atomic E-state index is -0.295. The Morgan fingerprint density at radius 3 is 2.43 bits per heavy atom. The maximum absolute atomic E-state index is 6.48. The van der Waals surface area contributed by atoms with Gasteiger partial charge in [-0.25, -0.2) is 0 Å². The molecule has 2 aromatic rings. The summed E-state index contributed by atoms with van der Waals surface area (Å²) < 4.78 is 12.1. The van der Waals surface area contributed by atoms with Gasteiger partial charge in [0.25, 0.3) is 0 Å². The zero-order valence-corrected chi connectivity index (χ0v) is 17.7. The summed E-state index contributed by atoms with van der Waals surface area (Å²) in [6.07, 6.45) is 4.12. The van der Waals surface area contributed by atoms with E-state index in [9.17, 15) is 0 Å². The third-order valence-corrected chi connectivity index (χ3v) is 5.28. The summed E-state index contributed by atoms with van der Waals surface area (Å²) in [6.45, 7) is 4.52. The minimum absolute atomic E-state index is 0.295. The molecule has 2 aliphatic rings. The number of ether oxygens (including phenoxy) is 2. The molecule has 1 fully saturated rings. The van der Waals surface area contributed by atoms with Gasteiger partial charge >= 0.3 is 0 Å². The maximum atomic E-state index is 6.48. The van der Waals surface area contributed by atoms with E-state index in [0.717, 1.165) is 66.2 Å². The van der Waals surface area contributed by atoms with E-state index in [0.29, 0.717) is 5.84 Å². The second-order valence-electron chi connectivity index (χ2n) is 7.31. The molecule has 0 aromatic heterocycles. The third kappa shape index (κ3) is 4.42. The van der Waals surface area contributed by atoms with Crippen molar-refractivity contribution < 1.29 is 9.47 Å². The van der Waals surface area contributed by atoms with Crippen LogP contribution in [-0.4, -0.2) is 38.2 Å². The highest BCUT2D eigenvalue weighted by atomic mass is 16.5. The van der Waals surface area contributed by atoms with Crippen molar-refractivity contribution >= 4 is 11.4 Å². The molecule has 7 heteroatoms. The minimum Gasteiger partial charge on any atom is -0.496 e. The zero-order chi connectivity index (χ0) is 21.6. The Kier molecular flexibility index (Phi) is 6.97. The van der Waals surface area contributed by atoms with Crippen LogP contribution in [0.3, 0.4) is 0 Å². The predicted molar refractivity (Wildman–Crippen MR) is 122 cm³/mol. The number of piperidine rings is 1. The second kappa shape index (κ2) is 9.65. The van der Waals surface area contributed by atoms with Crippen molar-refractivity contribution in [3.05, 3.63) is 65.2 Å². The summed E-state index contributed by atoms with van der Waals surface area (Å²) >= 11 is 0. The van der Waals surface area contributed by atoms with Crippen LogP contribution in [0.2, 0.25) is 0 Å². The fourth-order valence-electron chi connectivity index (χ4n) is 3.83. The lowest BCUT2D eigenvalue weighted by Crippen LogP contribution is -2.46. The highest BCUT2D eigenvalue weighted by Gasteiger charge is 2.38. The van der Waals surface area contributed by atoms with Crippen LogP contribution >= 0.6 is 0 Å². The first-order chi connectivity index (χ1) is 14.6. The van der Waals surface area contributed by atoms with Crippen LogP contribution in [-0.2, 0) is 0 Å². The van der Waals surface area contributed by atoms with E-state index >= 15 is 0 Å². The van der Waals surface area contributed by atoms with Crippen LogP contribution in [0.1, 0.15) is 36.5 Å². The van der Waals surface area contributed by atoms with Crippen molar-refractivity contribution in [3.8, 4) is 11.5 Å². The largest absolute Gasteiger partial charge is 0.496 e. The van der Waals surface area contributed by atoms with Gasteiger partial charge in [0.05, 0.1) is 12.7 Å². The van der Waals surface area contributed by atoms with Crippen LogP contribution in [0, 0.1) is 0 Å². The summed E-state index contributed by atoms with van der Waals surface area (Å²) in [5.74, 6) is 7.27. The summed E-state index contributed by atoms with van der Waals surface area (Å²) in [4.78, 5) is 0. The molecule has 30 heavy (non-hydrogen) atoms. The first-order valence-electron chi connectivity index (χ1n) is 10.2. The molecule has 160 valence electrons. The van der Waals surface area contributed by atoms with Crippen LogP contribution in [0.15, 0.2) is 53.6 Å². The summed E-state index contributed by atoms with van der Waals surface area (Å²) in [5, 5.41) is 6.98. The molecule has 7 nitrogen and oxygen atoms in total. The molecule has 1 spiro atoms. The fraction of sp³-hybridized carbons (Fsp3) is 0.348. The number of amidine groups is 1. The molecule has 0 amide bonds. The van der Waals surface area contributed by atoms with Crippen molar-refractivity contribution in [1.29, 1.82) is 0 Å². The lowest BCUT2D eigenvalue weighted by molar-refractivity contribution is 0.0813. The molecule has 2 heterocycles. The molecule has 1 saturated heterocycles. The number of fused-ring (bicyclic) bond motifs is 1. The number of nitrogens with one attached hydrogen (secondary N) is 1. The average molecular weight is 410 g/mol. The second-order valence-corrected chi connectivity index (χ2v) is 7.31. The van der Waals surface area contributed by atoms with Crippen LogP contribution in [0.4, 0.5) is 0 Å². The molecular weight excluding hydrogens is 378 g/mol. The van der Waals surface area contributed by atoms with Crippen LogP contribution < -0.4 is 32.1 Å². The van der Waals surface area contributed by atoms with Gasteiger partial charge in [0, 0.05) is 18.4 Å². The summed E-state index contributed by atoms with van der Waals surface area (Å²) in [6, 6.07) is 13.9. The van der Waals surface area contributed by atoms with Gasteiger partial charge in [-0.15, -0.1) is 0 Å². The number of nitrogens with two attached hydrogens (primary N) is 3. The number of methoxy groups -OCH3 is 1. The van der Waals surface area contributed by atoms with Gasteiger partial charge in [-0.2, -0.15) is 5.10 Å². The fourth-order valence-corrected chi connectivity index (χ4v) is 3.83. The van der Waals surface area contributed by atoms with Gasteiger partial charge < -0.3 is 32.1 Å². The normalized spacial score (nSPS) is 17.2. The van der Waals surface area contributed by atoms with Gasteiger partial charge in [-0.1, -0.05) is 37.3 Å². The number of hydrogen-bond acceptors (Lipinski definition) is 6. The zero-order valence-electron chi connectivity index (χ0n) is 17.7. The maximum Gasteiger partial charge on any atom is 0.150 e. The smallest absolute Gasteiger partial charge is 0.150 e. The van der Waals surface area contributed by atoms with Crippen molar-refractivity contribution in [1.82, 2.24) is 5.32 Å². The average Bonchev–Trinajstić information content (AvgIpc) is 2.78. The lowest BCUT2D eigenvalue weighted by atomic mass is 9.83. The molecule has 0 unspecified atom stereocenters. The Morgan fingerprint density at radius 2 is 1.83 bits per heavy atom. The lowest BCUT2D eigenvalue weighted by Gasteiger charge is -2.40. The van der Waals surface area contributed by atoms with Gasteiger partial charge in [0.2, 0.25) is 0 Å². The molecule has 2 aromatic carbocycles. The molecule has 0 radical (unpaired) electrons. The van der Waals surface area contributed by atoms with E-state index in [4.69, 9.17) is 26.8 Å².